The number of rotatable bonds is 2. The molecule has 1 fully saturated rings. The van der Waals surface area contributed by atoms with E-state index in [1.54, 1.807) is 0 Å². The van der Waals surface area contributed by atoms with E-state index in [4.69, 9.17) is 5.73 Å². The topological polar surface area (TPSA) is 89.5 Å². The summed E-state index contributed by atoms with van der Waals surface area (Å²) in [6, 6.07) is 4.37. The number of likely N-dealkylation sites (tertiary alicyclic amines) is 1. The van der Waals surface area contributed by atoms with Crippen molar-refractivity contribution in [2.24, 2.45) is 0 Å². The van der Waals surface area contributed by atoms with Gasteiger partial charge >= 0.3 is 0 Å². The van der Waals surface area contributed by atoms with Gasteiger partial charge in [-0.1, -0.05) is 12.8 Å². The van der Waals surface area contributed by atoms with Crippen LogP contribution in [-0.2, 0) is 0 Å². The van der Waals surface area contributed by atoms with Gasteiger partial charge in [0, 0.05) is 24.2 Å². The first-order chi connectivity index (χ1) is 9.50. The number of nitro benzene ring substituents is 1. The van der Waals surface area contributed by atoms with Crippen molar-refractivity contribution in [1.29, 1.82) is 0 Å². The highest BCUT2D eigenvalue weighted by atomic mass is 16.6. The maximum atomic E-state index is 12.5. The van der Waals surface area contributed by atoms with E-state index in [1.165, 1.54) is 18.2 Å². The number of amides is 1. The minimum Gasteiger partial charge on any atom is -0.393 e. The summed E-state index contributed by atoms with van der Waals surface area (Å²) >= 11 is 0. The van der Waals surface area contributed by atoms with Crippen LogP contribution in [0.15, 0.2) is 18.2 Å². The molecule has 1 unspecified atom stereocenters. The lowest BCUT2D eigenvalue weighted by Gasteiger charge is -2.27. The highest BCUT2D eigenvalue weighted by molar-refractivity contribution is 5.96. The minimum atomic E-state index is -0.544. The van der Waals surface area contributed by atoms with Crippen molar-refractivity contribution in [1.82, 2.24) is 4.90 Å². The van der Waals surface area contributed by atoms with Gasteiger partial charge in [-0.15, -0.1) is 0 Å². The first-order valence-electron chi connectivity index (χ1n) is 6.85. The van der Waals surface area contributed by atoms with Gasteiger partial charge in [0.1, 0.15) is 5.69 Å². The molecule has 108 valence electrons. The second-order valence-electron chi connectivity index (χ2n) is 5.23. The first kappa shape index (κ1) is 14.3. The standard InChI is InChI=1S/C14H19N3O3/c1-10-5-3-2-4-8-16(10)14(18)11-6-7-13(17(19)20)12(15)9-11/h6-7,9-10H,2-5,8,15H2,1H3. The number of carbonyl (C=O) groups excluding carboxylic acids is 1. The van der Waals surface area contributed by atoms with E-state index in [1.807, 2.05) is 11.8 Å². The number of hydrogen-bond acceptors (Lipinski definition) is 4. The lowest BCUT2D eigenvalue weighted by molar-refractivity contribution is -0.383. The van der Waals surface area contributed by atoms with Gasteiger partial charge in [-0.3, -0.25) is 14.9 Å². The molecule has 1 heterocycles. The van der Waals surface area contributed by atoms with E-state index in [9.17, 15) is 14.9 Å². The number of benzene rings is 1. The molecule has 1 aromatic carbocycles. The van der Waals surface area contributed by atoms with Crippen LogP contribution >= 0.6 is 0 Å². The minimum absolute atomic E-state index is 0.0309. The quantitative estimate of drug-likeness (QED) is 0.511. The normalized spacial score (nSPS) is 19.4. The number of nitrogens with two attached hydrogens (primary N) is 1. The van der Waals surface area contributed by atoms with Gasteiger partial charge in [0.05, 0.1) is 4.92 Å². The molecule has 2 rings (SSSR count). The van der Waals surface area contributed by atoms with Gasteiger partial charge in [-0.2, -0.15) is 0 Å². The zero-order valence-corrected chi connectivity index (χ0v) is 11.5. The molecule has 0 aromatic heterocycles. The molecule has 6 heteroatoms. The Bertz CT molecular complexity index is 530. The molecule has 1 amide bonds. The molecule has 1 atom stereocenters. The molecule has 0 spiro atoms. The summed E-state index contributed by atoms with van der Waals surface area (Å²) in [6.45, 7) is 2.77. The molecule has 6 nitrogen and oxygen atoms in total. The molecule has 0 bridgehead atoms. The second kappa shape index (κ2) is 5.90. The third-order valence-electron chi connectivity index (χ3n) is 3.79. The monoisotopic (exact) mass is 277 g/mol. The first-order valence-corrected chi connectivity index (χ1v) is 6.85. The van der Waals surface area contributed by atoms with Gasteiger partial charge in [0.15, 0.2) is 0 Å². The largest absolute Gasteiger partial charge is 0.393 e. The number of carbonyl (C=O) groups is 1. The van der Waals surface area contributed by atoms with Crippen molar-refractivity contribution in [3.05, 3.63) is 33.9 Å². The predicted octanol–water partition coefficient (Wildman–Crippen LogP) is 2.58. The van der Waals surface area contributed by atoms with Crippen molar-refractivity contribution < 1.29 is 9.72 Å². The van der Waals surface area contributed by atoms with Crippen LogP contribution in [-0.4, -0.2) is 28.3 Å². The zero-order chi connectivity index (χ0) is 14.7. The van der Waals surface area contributed by atoms with Crippen molar-refractivity contribution in [3.8, 4) is 0 Å². The maximum absolute atomic E-state index is 12.5. The van der Waals surface area contributed by atoms with Crippen LogP contribution in [0.25, 0.3) is 0 Å². The summed E-state index contributed by atoms with van der Waals surface area (Å²) in [6.07, 6.45) is 4.26. The van der Waals surface area contributed by atoms with E-state index < -0.39 is 4.92 Å². The van der Waals surface area contributed by atoms with Gasteiger partial charge in [-0.25, -0.2) is 0 Å². The van der Waals surface area contributed by atoms with Crippen LogP contribution in [0.1, 0.15) is 43.0 Å². The SMILES string of the molecule is CC1CCCCCN1C(=O)c1ccc([N+](=O)[O-])c(N)c1. The predicted molar refractivity (Wildman–Crippen MR) is 76.5 cm³/mol. The Hall–Kier alpha value is -2.11. The van der Waals surface area contributed by atoms with E-state index >= 15 is 0 Å². The molecule has 1 aliphatic heterocycles. The van der Waals surface area contributed by atoms with Crippen molar-refractivity contribution in [2.45, 2.75) is 38.6 Å². The fraction of sp³-hybridized carbons (Fsp3) is 0.500. The number of nitro groups is 1. The zero-order valence-electron chi connectivity index (χ0n) is 11.5. The fourth-order valence-electron chi connectivity index (χ4n) is 2.60. The van der Waals surface area contributed by atoms with Gasteiger partial charge < -0.3 is 10.6 Å². The summed E-state index contributed by atoms with van der Waals surface area (Å²) in [5, 5.41) is 10.7. The molecular weight excluding hydrogens is 258 g/mol. The highest BCUT2D eigenvalue weighted by Crippen LogP contribution is 2.24. The number of nitrogen functional groups attached to an aromatic ring is 1. The van der Waals surface area contributed by atoms with Crippen LogP contribution < -0.4 is 5.73 Å². The summed E-state index contributed by atoms with van der Waals surface area (Å²) in [5.74, 6) is -0.0963. The van der Waals surface area contributed by atoms with E-state index in [-0.39, 0.29) is 23.3 Å². The lowest BCUT2D eigenvalue weighted by atomic mass is 10.1. The van der Waals surface area contributed by atoms with E-state index in [0.717, 1.165) is 32.2 Å². The molecule has 0 aliphatic carbocycles. The average Bonchev–Trinajstić information content (AvgIpc) is 2.62. The summed E-state index contributed by atoms with van der Waals surface area (Å²) < 4.78 is 0. The van der Waals surface area contributed by atoms with Crippen LogP contribution in [0.5, 0.6) is 0 Å². The third-order valence-corrected chi connectivity index (χ3v) is 3.79. The Labute approximate surface area is 117 Å². The van der Waals surface area contributed by atoms with Crippen LogP contribution in [0.2, 0.25) is 0 Å². The molecule has 0 saturated carbocycles. The van der Waals surface area contributed by atoms with E-state index in [2.05, 4.69) is 0 Å². The Balaban J connectivity index is 2.24. The maximum Gasteiger partial charge on any atom is 0.292 e. The Morgan fingerprint density at radius 1 is 1.40 bits per heavy atom. The van der Waals surface area contributed by atoms with Gasteiger partial charge in [-0.05, 0) is 31.9 Å². The third kappa shape index (κ3) is 2.89. The molecule has 2 N–H and O–H groups in total. The van der Waals surface area contributed by atoms with E-state index in [0.29, 0.717) is 5.56 Å². The van der Waals surface area contributed by atoms with Crippen LogP contribution in [0, 0.1) is 10.1 Å². The number of hydrogen-bond donors (Lipinski definition) is 1. The summed E-state index contributed by atoms with van der Waals surface area (Å²) in [7, 11) is 0. The number of nitrogens with zero attached hydrogens (tertiary/aromatic N) is 2. The second-order valence-corrected chi connectivity index (χ2v) is 5.23. The molecular formula is C14H19N3O3. The Kier molecular flexibility index (Phi) is 4.22. The molecule has 1 aromatic rings. The van der Waals surface area contributed by atoms with Crippen molar-refractivity contribution in [3.63, 3.8) is 0 Å². The highest BCUT2D eigenvalue weighted by Gasteiger charge is 2.24. The van der Waals surface area contributed by atoms with Gasteiger partial charge in [0.2, 0.25) is 0 Å². The van der Waals surface area contributed by atoms with Crippen molar-refractivity contribution >= 4 is 17.3 Å². The molecule has 0 radical (unpaired) electrons. The van der Waals surface area contributed by atoms with Crippen molar-refractivity contribution in [2.75, 3.05) is 12.3 Å². The summed E-state index contributed by atoms with van der Waals surface area (Å²) in [4.78, 5) is 24.5. The lowest BCUT2D eigenvalue weighted by Crippen LogP contribution is -2.38. The smallest absolute Gasteiger partial charge is 0.292 e. The summed E-state index contributed by atoms with van der Waals surface area (Å²) in [5.41, 5.74) is 5.93. The number of anilines is 1. The fourth-order valence-corrected chi connectivity index (χ4v) is 2.60. The van der Waals surface area contributed by atoms with Crippen LogP contribution in [0.3, 0.4) is 0 Å². The molecule has 20 heavy (non-hydrogen) atoms. The van der Waals surface area contributed by atoms with Gasteiger partial charge in [0.25, 0.3) is 11.6 Å². The Morgan fingerprint density at radius 3 is 2.80 bits per heavy atom. The van der Waals surface area contributed by atoms with Crippen LogP contribution in [0.4, 0.5) is 11.4 Å². The molecule has 1 saturated heterocycles. The average molecular weight is 277 g/mol. The Morgan fingerprint density at radius 2 is 2.15 bits per heavy atom. The molecule has 1 aliphatic rings.